The van der Waals surface area contributed by atoms with Crippen molar-refractivity contribution in [1.29, 1.82) is 0 Å². The second kappa shape index (κ2) is 5.95. The first-order valence-corrected chi connectivity index (χ1v) is 7.96. The van der Waals surface area contributed by atoms with Crippen molar-refractivity contribution in [3.05, 3.63) is 29.8 Å². The number of piperazine rings is 1. The van der Waals surface area contributed by atoms with Crippen LogP contribution in [0.3, 0.4) is 0 Å². The van der Waals surface area contributed by atoms with E-state index >= 15 is 0 Å². The van der Waals surface area contributed by atoms with Crippen LogP contribution >= 0.6 is 0 Å². The molecular weight excluding hydrogens is 262 g/mol. The van der Waals surface area contributed by atoms with Crippen molar-refractivity contribution >= 4 is 5.69 Å². The fourth-order valence-electron chi connectivity index (χ4n) is 3.77. The highest BCUT2D eigenvalue weighted by Crippen LogP contribution is 2.39. The van der Waals surface area contributed by atoms with Gasteiger partial charge in [0.25, 0.3) is 0 Å². The summed E-state index contributed by atoms with van der Waals surface area (Å²) in [6.45, 7) is 7.27. The summed E-state index contributed by atoms with van der Waals surface area (Å²) in [5.74, 6) is 0. The molecule has 1 heterocycles. The van der Waals surface area contributed by atoms with Gasteiger partial charge >= 0.3 is 0 Å². The van der Waals surface area contributed by atoms with E-state index in [0.717, 1.165) is 45.6 Å². The van der Waals surface area contributed by atoms with E-state index < -0.39 is 0 Å². The predicted molar refractivity (Wildman–Crippen MR) is 86.8 cm³/mol. The maximum atomic E-state index is 6.07. The van der Waals surface area contributed by atoms with Crippen molar-refractivity contribution in [2.45, 2.75) is 31.4 Å². The lowest BCUT2D eigenvalue weighted by molar-refractivity contribution is -0.0885. The maximum absolute atomic E-state index is 6.07. The lowest BCUT2D eigenvalue weighted by Gasteiger charge is -2.55. The number of ether oxygens (including phenoxy) is 1. The zero-order chi connectivity index (χ0) is 14.9. The molecule has 3 rings (SSSR count). The summed E-state index contributed by atoms with van der Waals surface area (Å²) < 4.78 is 5.45. The summed E-state index contributed by atoms with van der Waals surface area (Å²) in [6, 6.07) is 8.79. The molecule has 1 aliphatic carbocycles. The van der Waals surface area contributed by atoms with E-state index in [4.69, 9.17) is 10.5 Å². The Labute approximate surface area is 127 Å². The van der Waals surface area contributed by atoms with E-state index in [1.165, 1.54) is 11.3 Å². The molecule has 1 aromatic rings. The van der Waals surface area contributed by atoms with Crippen molar-refractivity contribution in [3.63, 3.8) is 0 Å². The average Bonchev–Trinajstić information content (AvgIpc) is 2.48. The molecule has 0 radical (unpaired) electrons. The Balaban J connectivity index is 1.60. The first-order valence-electron chi connectivity index (χ1n) is 7.96. The first kappa shape index (κ1) is 14.8. The third kappa shape index (κ3) is 2.80. The Hall–Kier alpha value is -1.10. The molecule has 116 valence electrons. The number of nitrogens with zero attached hydrogens (tertiary/aromatic N) is 2. The molecule has 0 atom stereocenters. The Morgan fingerprint density at radius 2 is 1.95 bits per heavy atom. The van der Waals surface area contributed by atoms with Gasteiger partial charge in [0.2, 0.25) is 0 Å². The van der Waals surface area contributed by atoms with Gasteiger partial charge in [-0.1, -0.05) is 12.1 Å². The number of rotatable bonds is 4. The largest absolute Gasteiger partial charge is 0.381 e. The zero-order valence-electron chi connectivity index (χ0n) is 13.2. The van der Waals surface area contributed by atoms with Crippen molar-refractivity contribution in [1.82, 2.24) is 4.90 Å². The second-order valence-electron chi connectivity index (χ2n) is 6.51. The minimum atomic E-state index is 0.194. The fourth-order valence-corrected chi connectivity index (χ4v) is 3.77. The van der Waals surface area contributed by atoms with Crippen LogP contribution in [0.4, 0.5) is 5.69 Å². The number of aryl methyl sites for hydroxylation is 1. The Morgan fingerprint density at radius 1 is 1.24 bits per heavy atom. The highest BCUT2D eigenvalue weighted by Gasteiger charge is 2.48. The number of nitrogens with two attached hydrogens (primary N) is 1. The van der Waals surface area contributed by atoms with Crippen LogP contribution in [0.15, 0.2) is 24.3 Å². The first-order chi connectivity index (χ1) is 10.2. The highest BCUT2D eigenvalue weighted by molar-refractivity contribution is 5.48. The van der Waals surface area contributed by atoms with Gasteiger partial charge in [-0.25, -0.2) is 0 Å². The van der Waals surface area contributed by atoms with Crippen molar-refractivity contribution in [2.75, 3.05) is 44.7 Å². The molecule has 4 heteroatoms. The molecular formula is C17H27N3O. The summed E-state index contributed by atoms with van der Waals surface area (Å²) in [6.07, 6.45) is 2.58. The Bertz CT molecular complexity index is 477. The minimum absolute atomic E-state index is 0.194. The van der Waals surface area contributed by atoms with Gasteiger partial charge in [0.15, 0.2) is 0 Å². The summed E-state index contributed by atoms with van der Waals surface area (Å²) in [4.78, 5) is 5.08. The number of methoxy groups -OCH3 is 1. The molecule has 2 fully saturated rings. The molecule has 0 unspecified atom stereocenters. The molecule has 1 aliphatic heterocycles. The van der Waals surface area contributed by atoms with Crippen LogP contribution in [0.25, 0.3) is 0 Å². The molecule has 1 aromatic carbocycles. The van der Waals surface area contributed by atoms with Crippen molar-refractivity contribution in [3.8, 4) is 0 Å². The van der Waals surface area contributed by atoms with Gasteiger partial charge in [0.1, 0.15) is 0 Å². The van der Waals surface area contributed by atoms with E-state index in [0.29, 0.717) is 6.10 Å². The normalized spacial score (nSPS) is 30.2. The smallest absolute Gasteiger partial charge is 0.0607 e. The molecule has 4 nitrogen and oxygen atoms in total. The SMILES string of the molecule is COC1CC(CN)(N2CCN(c3cccc(C)c3)CC2)C1. The van der Waals surface area contributed by atoms with Crippen LogP contribution in [0.2, 0.25) is 0 Å². The fraction of sp³-hybridized carbons (Fsp3) is 0.647. The van der Waals surface area contributed by atoms with Gasteiger partial charge < -0.3 is 15.4 Å². The van der Waals surface area contributed by atoms with Crippen LogP contribution < -0.4 is 10.6 Å². The summed E-state index contributed by atoms with van der Waals surface area (Å²) in [5, 5.41) is 0. The predicted octanol–water partition coefficient (Wildman–Crippen LogP) is 1.62. The molecule has 21 heavy (non-hydrogen) atoms. The van der Waals surface area contributed by atoms with Gasteiger partial charge in [-0.05, 0) is 37.5 Å². The maximum Gasteiger partial charge on any atom is 0.0607 e. The van der Waals surface area contributed by atoms with Crippen molar-refractivity contribution in [2.24, 2.45) is 5.73 Å². The molecule has 1 saturated carbocycles. The molecule has 2 aliphatic rings. The van der Waals surface area contributed by atoms with Gasteiger partial charge in [-0.3, -0.25) is 4.90 Å². The lowest BCUT2D eigenvalue weighted by Crippen LogP contribution is -2.67. The van der Waals surface area contributed by atoms with E-state index in [-0.39, 0.29) is 5.54 Å². The molecule has 0 bridgehead atoms. The van der Waals surface area contributed by atoms with Crippen LogP contribution in [0, 0.1) is 6.92 Å². The zero-order valence-corrected chi connectivity index (χ0v) is 13.2. The number of hydrogen-bond acceptors (Lipinski definition) is 4. The van der Waals surface area contributed by atoms with E-state index in [1.807, 2.05) is 0 Å². The summed E-state index contributed by atoms with van der Waals surface area (Å²) >= 11 is 0. The monoisotopic (exact) mass is 289 g/mol. The quantitative estimate of drug-likeness (QED) is 0.914. The van der Waals surface area contributed by atoms with E-state index in [1.54, 1.807) is 7.11 Å². The molecule has 2 N–H and O–H groups in total. The van der Waals surface area contributed by atoms with Crippen LogP contribution in [-0.2, 0) is 4.74 Å². The van der Waals surface area contributed by atoms with Crippen LogP contribution in [0.5, 0.6) is 0 Å². The van der Waals surface area contributed by atoms with Crippen LogP contribution in [-0.4, -0.2) is 56.4 Å². The molecule has 0 amide bonds. The number of hydrogen-bond donors (Lipinski definition) is 1. The van der Waals surface area contributed by atoms with Gasteiger partial charge in [-0.2, -0.15) is 0 Å². The van der Waals surface area contributed by atoms with E-state index in [9.17, 15) is 0 Å². The molecule has 1 saturated heterocycles. The van der Waals surface area contributed by atoms with Gasteiger partial charge in [0, 0.05) is 51.1 Å². The molecule has 0 spiro atoms. The topological polar surface area (TPSA) is 41.7 Å². The number of benzene rings is 1. The third-order valence-electron chi connectivity index (χ3n) is 5.25. The Kier molecular flexibility index (Phi) is 4.20. The minimum Gasteiger partial charge on any atom is -0.381 e. The third-order valence-corrected chi connectivity index (χ3v) is 5.25. The lowest BCUT2D eigenvalue weighted by atomic mass is 9.72. The van der Waals surface area contributed by atoms with E-state index in [2.05, 4.69) is 41.0 Å². The van der Waals surface area contributed by atoms with Gasteiger partial charge in [0.05, 0.1) is 6.10 Å². The average molecular weight is 289 g/mol. The molecule has 0 aromatic heterocycles. The Morgan fingerprint density at radius 3 is 2.52 bits per heavy atom. The standard InChI is InChI=1S/C17H27N3O/c1-14-4-3-5-15(10-14)19-6-8-20(9-7-19)17(13-18)11-16(12-17)21-2/h3-5,10,16H,6-9,11-13,18H2,1-2H3. The summed E-state index contributed by atoms with van der Waals surface area (Å²) in [7, 11) is 1.81. The highest BCUT2D eigenvalue weighted by atomic mass is 16.5. The summed E-state index contributed by atoms with van der Waals surface area (Å²) in [5.41, 5.74) is 8.94. The van der Waals surface area contributed by atoms with Gasteiger partial charge in [-0.15, -0.1) is 0 Å². The van der Waals surface area contributed by atoms with Crippen molar-refractivity contribution < 1.29 is 4.74 Å². The van der Waals surface area contributed by atoms with Crippen LogP contribution in [0.1, 0.15) is 18.4 Å². The number of anilines is 1. The second-order valence-corrected chi connectivity index (χ2v) is 6.51.